The third kappa shape index (κ3) is 5.95. The van der Waals surface area contributed by atoms with Gasteiger partial charge in [-0.25, -0.2) is 4.79 Å². The van der Waals surface area contributed by atoms with Gasteiger partial charge in [-0.3, -0.25) is 4.98 Å². The molecule has 0 aliphatic rings. The van der Waals surface area contributed by atoms with Gasteiger partial charge in [-0.15, -0.1) is 0 Å². The lowest BCUT2D eigenvalue weighted by atomic mass is 9.92. The summed E-state index contributed by atoms with van der Waals surface area (Å²) in [5.41, 5.74) is 0.167. The number of benzene rings is 2. The van der Waals surface area contributed by atoms with E-state index < -0.39 is 23.4 Å². The number of aromatic nitrogens is 1. The maximum absolute atomic E-state index is 13.9. The van der Waals surface area contributed by atoms with Crippen molar-refractivity contribution in [3.05, 3.63) is 59.8 Å². The van der Waals surface area contributed by atoms with E-state index in [-0.39, 0.29) is 18.3 Å². The van der Waals surface area contributed by atoms with Crippen molar-refractivity contribution < 1.29 is 27.8 Å². The Morgan fingerprint density at radius 2 is 1.94 bits per heavy atom. The highest BCUT2D eigenvalue weighted by Gasteiger charge is 2.35. The van der Waals surface area contributed by atoms with Gasteiger partial charge in [0.05, 0.1) is 29.3 Å². The Morgan fingerprint density at radius 3 is 2.59 bits per heavy atom. The highest BCUT2D eigenvalue weighted by atomic mass is 19.4. The minimum Gasteiger partial charge on any atom is -0.493 e. The molecule has 0 aliphatic carbocycles. The molecule has 0 spiro atoms. The topological polar surface area (TPSA) is 95.2 Å². The van der Waals surface area contributed by atoms with Crippen LogP contribution in [0, 0.1) is 17.2 Å². The molecule has 9 heteroatoms. The first kappa shape index (κ1) is 24.8. The number of carbonyl (C=O) groups is 1. The number of ether oxygens (including phenoxy) is 1. The van der Waals surface area contributed by atoms with E-state index in [4.69, 9.17) is 15.1 Å². The summed E-state index contributed by atoms with van der Waals surface area (Å²) in [7, 11) is 0. The molecular weight excluding hydrogens is 447 g/mol. The number of carboxylic acid groups (broad SMARTS) is 1. The van der Waals surface area contributed by atoms with Crippen molar-refractivity contribution in [1.82, 2.24) is 10.3 Å². The Labute approximate surface area is 195 Å². The van der Waals surface area contributed by atoms with Gasteiger partial charge in [-0.1, -0.05) is 19.1 Å². The van der Waals surface area contributed by atoms with Crippen LogP contribution in [0.5, 0.6) is 5.75 Å². The van der Waals surface area contributed by atoms with E-state index in [2.05, 4.69) is 10.3 Å². The fraction of sp³-hybridized carbons (Fsp3) is 0.320. The van der Waals surface area contributed by atoms with Crippen LogP contribution in [-0.4, -0.2) is 28.3 Å². The van der Waals surface area contributed by atoms with E-state index in [1.165, 1.54) is 12.3 Å². The van der Waals surface area contributed by atoms with Gasteiger partial charge in [0, 0.05) is 17.1 Å². The Morgan fingerprint density at radius 1 is 1.21 bits per heavy atom. The number of amides is 1. The molecule has 34 heavy (non-hydrogen) atoms. The molecule has 2 aromatic carbocycles. The molecule has 0 saturated carbocycles. The molecule has 1 heterocycles. The third-order valence-corrected chi connectivity index (χ3v) is 5.30. The molecule has 178 valence electrons. The lowest BCUT2D eigenvalue weighted by Gasteiger charge is -2.28. The second-order valence-corrected chi connectivity index (χ2v) is 8.85. The average Bonchev–Trinajstić information content (AvgIpc) is 2.74. The van der Waals surface area contributed by atoms with E-state index in [9.17, 15) is 18.0 Å². The summed E-state index contributed by atoms with van der Waals surface area (Å²) in [5.74, 6) is -0.502. The maximum atomic E-state index is 13.9. The summed E-state index contributed by atoms with van der Waals surface area (Å²) < 4.78 is 47.2. The van der Waals surface area contributed by atoms with Crippen LogP contribution in [0.25, 0.3) is 22.0 Å². The molecule has 1 atom stereocenters. The average molecular weight is 471 g/mol. The summed E-state index contributed by atoms with van der Waals surface area (Å²) in [6.45, 7) is 5.17. The first-order chi connectivity index (χ1) is 15.9. The van der Waals surface area contributed by atoms with Crippen molar-refractivity contribution in [2.45, 2.75) is 38.9 Å². The predicted octanol–water partition coefficient (Wildman–Crippen LogP) is 6.24. The SMILES string of the molecule is CC(COc1ccc(-c2ccnc3cc(C#N)ccc23)cc1C(F)(F)F)CC(C)(C)NC(=O)O. The van der Waals surface area contributed by atoms with E-state index in [0.717, 1.165) is 6.07 Å². The molecule has 1 amide bonds. The zero-order valence-electron chi connectivity index (χ0n) is 18.9. The molecule has 3 aromatic rings. The van der Waals surface area contributed by atoms with E-state index in [1.54, 1.807) is 51.1 Å². The fourth-order valence-electron chi connectivity index (χ4n) is 4.02. The first-order valence-corrected chi connectivity index (χ1v) is 10.5. The van der Waals surface area contributed by atoms with Crippen LogP contribution in [0.15, 0.2) is 48.7 Å². The van der Waals surface area contributed by atoms with E-state index in [0.29, 0.717) is 34.0 Å². The van der Waals surface area contributed by atoms with Gasteiger partial charge < -0.3 is 15.2 Å². The number of nitriles is 1. The van der Waals surface area contributed by atoms with Crippen molar-refractivity contribution in [2.24, 2.45) is 5.92 Å². The number of alkyl halides is 3. The second kappa shape index (κ2) is 9.59. The van der Waals surface area contributed by atoms with Crippen LogP contribution in [0.1, 0.15) is 38.3 Å². The molecule has 0 aliphatic heterocycles. The number of fused-ring (bicyclic) bond motifs is 1. The van der Waals surface area contributed by atoms with Crippen molar-refractivity contribution in [2.75, 3.05) is 6.61 Å². The smallest absolute Gasteiger partial charge is 0.419 e. The number of pyridine rings is 1. The van der Waals surface area contributed by atoms with Crippen molar-refractivity contribution in [3.8, 4) is 22.9 Å². The number of halogens is 3. The van der Waals surface area contributed by atoms with E-state index >= 15 is 0 Å². The molecule has 3 rings (SSSR count). The van der Waals surface area contributed by atoms with Gasteiger partial charge in [-0.05, 0) is 67.6 Å². The Bertz CT molecular complexity index is 1250. The maximum Gasteiger partial charge on any atom is 0.419 e. The zero-order chi connectivity index (χ0) is 25.1. The monoisotopic (exact) mass is 471 g/mol. The summed E-state index contributed by atoms with van der Waals surface area (Å²) >= 11 is 0. The van der Waals surface area contributed by atoms with Crippen LogP contribution < -0.4 is 10.1 Å². The summed E-state index contributed by atoms with van der Waals surface area (Å²) in [6.07, 6.45) is -3.94. The van der Waals surface area contributed by atoms with Crippen LogP contribution >= 0.6 is 0 Å². The Hall–Kier alpha value is -3.80. The fourth-order valence-corrected chi connectivity index (χ4v) is 4.02. The van der Waals surface area contributed by atoms with Crippen LogP contribution in [-0.2, 0) is 6.18 Å². The minimum atomic E-state index is -4.64. The largest absolute Gasteiger partial charge is 0.493 e. The van der Waals surface area contributed by atoms with Crippen molar-refractivity contribution in [3.63, 3.8) is 0 Å². The number of rotatable bonds is 7. The normalized spacial score (nSPS) is 12.7. The van der Waals surface area contributed by atoms with Gasteiger partial charge in [0.2, 0.25) is 0 Å². The summed E-state index contributed by atoms with van der Waals surface area (Å²) in [4.78, 5) is 15.1. The number of hydrogen-bond donors (Lipinski definition) is 2. The second-order valence-electron chi connectivity index (χ2n) is 8.85. The lowest BCUT2D eigenvalue weighted by molar-refractivity contribution is -0.139. The summed E-state index contributed by atoms with van der Waals surface area (Å²) in [6, 6.07) is 12.4. The van der Waals surface area contributed by atoms with Crippen LogP contribution in [0.4, 0.5) is 18.0 Å². The lowest BCUT2D eigenvalue weighted by Crippen LogP contribution is -2.44. The zero-order valence-corrected chi connectivity index (χ0v) is 18.9. The highest BCUT2D eigenvalue weighted by molar-refractivity contribution is 5.95. The Balaban J connectivity index is 1.89. The predicted molar refractivity (Wildman–Crippen MR) is 121 cm³/mol. The quantitative estimate of drug-likeness (QED) is 0.425. The summed E-state index contributed by atoms with van der Waals surface area (Å²) in [5, 5.41) is 21.0. The number of hydrogen-bond acceptors (Lipinski definition) is 4. The minimum absolute atomic E-state index is 0.0116. The van der Waals surface area contributed by atoms with Crippen LogP contribution in [0.2, 0.25) is 0 Å². The van der Waals surface area contributed by atoms with Crippen molar-refractivity contribution in [1.29, 1.82) is 5.26 Å². The standard InChI is InChI=1S/C25H24F3N3O3/c1-15(12-24(2,3)31-23(32)33)14-34-22-7-5-17(11-20(22)25(26,27)28)18-8-9-30-21-10-16(13-29)4-6-19(18)21/h4-11,15,31H,12,14H2,1-3H3,(H,32,33). The molecule has 0 bridgehead atoms. The Kier molecular flexibility index (Phi) is 7.01. The molecule has 6 nitrogen and oxygen atoms in total. The molecule has 2 N–H and O–H groups in total. The van der Waals surface area contributed by atoms with Gasteiger partial charge in [0.1, 0.15) is 5.75 Å². The highest BCUT2D eigenvalue weighted by Crippen LogP contribution is 2.40. The molecule has 1 aromatic heterocycles. The number of nitrogens with one attached hydrogen (secondary N) is 1. The van der Waals surface area contributed by atoms with Gasteiger partial charge in [0.15, 0.2) is 0 Å². The van der Waals surface area contributed by atoms with Gasteiger partial charge in [-0.2, -0.15) is 18.4 Å². The first-order valence-electron chi connectivity index (χ1n) is 10.5. The third-order valence-electron chi connectivity index (χ3n) is 5.30. The number of nitrogens with zero attached hydrogens (tertiary/aromatic N) is 2. The van der Waals surface area contributed by atoms with Gasteiger partial charge in [0.25, 0.3) is 0 Å². The van der Waals surface area contributed by atoms with Crippen LogP contribution in [0.3, 0.4) is 0 Å². The molecule has 0 fully saturated rings. The molecular formula is C25H24F3N3O3. The van der Waals surface area contributed by atoms with Gasteiger partial charge >= 0.3 is 12.3 Å². The molecule has 1 unspecified atom stereocenters. The molecule has 0 radical (unpaired) electrons. The van der Waals surface area contributed by atoms with E-state index in [1.807, 2.05) is 6.07 Å². The molecule has 0 saturated heterocycles. The van der Waals surface area contributed by atoms with Crippen molar-refractivity contribution >= 4 is 17.0 Å².